The van der Waals surface area contributed by atoms with Crippen LogP contribution < -0.4 is 21.7 Å². The van der Waals surface area contributed by atoms with E-state index in [0.29, 0.717) is 39.8 Å². The molecule has 10 heteroatoms. The van der Waals surface area contributed by atoms with Gasteiger partial charge in [-0.1, -0.05) is 29.8 Å². The van der Waals surface area contributed by atoms with Crippen LogP contribution in [0.3, 0.4) is 0 Å². The van der Waals surface area contributed by atoms with Gasteiger partial charge in [0.2, 0.25) is 5.88 Å². The molecule has 0 aliphatic heterocycles. The van der Waals surface area contributed by atoms with E-state index in [1.54, 1.807) is 16.8 Å². The molecule has 3 aromatic heterocycles. The van der Waals surface area contributed by atoms with Crippen molar-refractivity contribution in [3.05, 3.63) is 74.0 Å². The van der Waals surface area contributed by atoms with Crippen LogP contribution in [0.1, 0.15) is 24.1 Å². The summed E-state index contributed by atoms with van der Waals surface area (Å²) in [6.07, 6.45) is 5.36. The fourth-order valence-corrected chi connectivity index (χ4v) is 3.32. The highest BCUT2D eigenvalue weighted by Crippen LogP contribution is 2.22. The second kappa shape index (κ2) is 7.34. The summed E-state index contributed by atoms with van der Waals surface area (Å²) in [7, 11) is 0. The molecule has 0 radical (unpaired) electrons. The van der Waals surface area contributed by atoms with E-state index in [1.165, 1.54) is 0 Å². The summed E-state index contributed by atoms with van der Waals surface area (Å²) >= 11 is 6.26. The maximum absolute atomic E-state index is 11.4. The second-order valence-corrected chi connectivity index (χ2v) is 7.53. The molecular weight excluding hydrogens is 406 g/mol. The van der Waals surface area contributed by atoms with E-state index in [1.807, 2.05) is 30.3 Å². The molecule has 152 valence electrons. The number of nitrogens with one attached hydrogen (secondary N) is 3. The third kappa shape index (κ3) is 3.67. The van der Waals surface area contributed by atoms with Gasteiger partial charge in [-0.2, -0.15) is 9.61 Å². The molecule has 0 amide bonds. The van der Waals surface area contributed by atoms with Gasteiger partial charge in [0.25, 0.3) is 0 Å². The van der Waals surface area contributed by atoms with Gasteiger partial charge in [-0.3, -0.25) is 9.98 Å². The number of aromatic hydroxyl groups is 1. The molecule has 0 spiro atoms. The largest absolute Gasteiger partial charge is 0.493 e. The zero-order valence-corrected chi connectivity index (χ0v) is 16.5. The standard InChI is InChI=1S/C20H18ClN7O2/c21-14-4-2-1-3-11(14)9-22-16-8-17(24-13-5-6-13)28-18(26-16)12(10-23-28)7-15-19(29)27-20(30)25-15/h1-4,7-8,10,13,22,29H,5-6,9H2,(H2,25,27,30)/b12-7+,24-17?. The Morgan fingerprint density at radius 3 is 2.90 bits per heavy atom. The molecule has 1 aliphatic carbocycles. The lowest BCUT2D eigenvalue weighted by atomic mass is 10.2. The quantitative estimate of drug-likeness (QED) is 0.385. The minimum atomic E-state index is -0.491. The highest BCUT2D eigenvalue weighted by Gasteiger charge is 2.20. The van der Waals surface area contributed by atoms with Crippen LogP contribution in [0.2, 0.25) is 5.02 Å². The van der Waals surface area contributed by atoms with Gasteiger partial charge in [-0.05, 0) is 30.5 Å². The highest BCUT2D eigenvalue weighted by atomic mass is 35.5. The van der Waals surface area contributed by atoms with Crippen molar-refractivity contribution in [1.29, 1.82) is 0 Å². The molecule has 0 unspecified atom stereocenters. The van der Waals surface area contributed by atoms with Gasteiger partial charge in [0, 0.05) is 22.9 Å². The minimum absolute atomic E-state index is 0.241. The molecule has 1 fully saturated rings. The first-order valence-corrected chi connectivity index (χ1v) is 9.87. The zero-order chi connectivity index (χ0) is 20.7. The molecule has 1 aromatic carbocycles. The number of nitrogens with zero attached hydrogens (tertiary/aromatic N) is 4. The average Bonchev–Trinajstić information content (AvgIpc) is 3.36. The van der Waals surface area contributed by atoms with E-state index in [9.17, 15) is 9.90 Å². The summed E-state index contributed by atoms with van der Waals surface area (Å²) < 4.78 is 1.66. The first-order valence-electron chi connectivity index (χ1n) is 9.50. The summed E-state index contributed by atoms with van der Waals surface area (Å²) in [6.45, 7) is 0.505. The van der Waals surface area contributed by atoms with Gasteiger partial charge >= 0.3 is 5.69 Å². The minimum Gasteiger partial charge on any atom is -0.493 e. The first-order chi connectivity index (χ1) is 14.6. The molecule has 4 N–H and O–H groups in total. The molecule has 30 heavy (non-hydrogen) atoms. The van der Waals surface area contributed by atoms with E-state index < -0.39 is 5.69 Å². The van der Waals surface area contributed by atoms with Crippen LogP contribution >= 0.6 is 11.6 Å². The molecule has 4 aromatic rings. The molecule has 0 atom stereocenters. The number of aromatic nitrogens is 5. The van der Waals surface area contributed by atoms with E-state index in [4.69, 9.17) is 16.6 Å². The van der Waals surface area contributed by atoms with Crippen molar-refractivity contribution in [1.82, 2.24) is 24.6 Å². The smallest absolute Gasteiger partial charge is 0.326 e. The van der Waals surface area contributed by atoms with E-state index in [-0.39, 0.29) is 11.6 Å². The first kappa shape index (κ1) is 18.4. The lowest BCUT2D eigenvalue weighted by Crippen LogP contribution is -2.20. The summed E-state index contributed by atoms with van der Waals surface area (Å²) in [4.78, 5) is 25.7. The van der Waals surface area contributed by atoms with Crippen LogP contribution in [0.25, 0.3) is 11.7 Å². The summed E-state index contributed by atoms with van der Waals surface area (Å²) in [5.74, 6) is 0.388. The van der Waals surface area contributed by atoms with Crippen LogP contribution in [0.5, 0.6) is 5.88 Å². The van der Waals surface area contributed by atoms with Gasteiger partial charge in [-0.25, -0.2) is 9.78 Å². The Morgan fingerprint density at radius 1 is 1.33 bits per heavy atom. The predicted octanol–water partition coefficient (Wildman–Crippen LogP) is 1.33. The Morgan fingerprint density at radius 2 is 2.17 bits per heavy atom. The van der Waals surface area contributed by atoms with Gasteiger partial charge in [0.15, 0.2) is 11.1 Å². The van der Waals surface area contributed by atoms with Crippen molar-refractivity contribution < 1.29 is 5.11 Å². The van der Waals surface area contributed by atoms with E-state index in [0.717, 1.165) is 18.4 Å². The number of H-pyrrole nitrogens is 2. The number of halogens is 1. The molecule has 5 rings (SSSR count). The van der Waals surface area contributed by atoms with Crippen molar-refractivity contribution >= 4 is 29.1 Å². The zero-order valence-electron chi connectivity index (χ0n) is 15.8. The normalized spacial score (nSPS) is 15.2. The van der Waals surface area contributed by atoms with Crippen molar-refractivity contribution in [2.24, 2.45) is 4.99 Å². The van der Waals surface area contributed by atoms with Gasteiger partial charge < -0.3 is 15.4 Å². The predicted molar refractivity (Wildman–Crippen MR) is 112 cm³/mol. The topological polar surface area (TPSA) is 123 Å². The Kier molecular flexibility index (Phi) is 4.51. The van der Waals surface area contributed by atoms with Crippen LogP contribution in [0, 0.1) is 0 Å². The molecule has 9 nitrogen and oxygen atoms in total. The average molecular weight is 424 g/mol. The third-order valence-corrected chi connectivity index (χ3v) is 5.16. The van der Waals surface area contributed by atoms with Gasteiger partial charge in [0.1, 0.15) is 11.5 Å². The van der Waals surface area contributed by atoms with Crippen molar-refractivity contribution in [2.45, 2.75) is 25.4 Å². The molecule has 1 saturated carbocycles. The number of benzene rings is 1. The summed E-state index contributed by atoms with van der Waals surface area (Å²) in [6, 6.07) is 9.77. The van der Waals surface area contributed by atoms with E-state index >= 15 is 0 Å². The van der Waals surface area contributed by atoms with Crippen LogP contribution in [0.4, 0.5) is 5.82 Å². The number of hydrogen-bond acceptors (Lipinski definition) is 6. The van der Waals surface area contributed by atoms with Crippen molar-refractivity contribution in [3.8, 4) is 5.88 Å². The van der Waals surface area contributed by atoms with Gasteiger partial charge in [-0.15, -0.1) is 0 Å². The molecule has 1 aliphatic rings. The fourth-order valence-electron chi connectivity index (χ4n) is 3.11. The Labute approximate surface area is 174 Å². The Bertz CT molecular complexity index is 1420. The molecular formula is C20H18ClN7O2. The number of imidazole rings is 1. The third-order valence-electron chi connectivity index (χ3n) is 4.79. The maximum Gasteiger partial charge on any atom is 0.326 e. The Balaban J connectivity index is 1.60. The van der Waals surface area contributed by atoms with Crippen LogP contribution in [-0.4, -0.2) is 35.7 Å². The molecule has 3 heterocycles. The van der Waals surface area contributed by atoms with Crippen molar-refractivity contribution in [2.75, 3.05) is 5.32 Å². The van der Waals surface area contributed by atoms with Crippen LogP contribution in [0.15, 0.2) is 46.3 Å². The van der Waals surface area contributed by atoms with Crippen molar-refractivity contribution in [3.63, 3.8) is 0 Å². The lowest BCUT2D eigenvalue weighted by Gasteiger charge is -2.08. The maximum atomic E-state index is 11.4. The second-order valence-electron chi connectivity index (χ2n) is 7.13. The molecule has 0 bridgehead atoms. The number of anilines is 1. The monoisotopic (exact) mass is 423 g/mol. The highest BCUT2D eigenvalue weighted by molar-refractivity contribution is 6.31. The Hall–Kier alpha value is -3.59. The lowest BCUT2D eigenvalue weighted by molar-refractivity contribution is 0.454. The number of hydrogen-bond donors (Lipinski definition) is 4. The summed E-state index contributed by atoms with van der Waals surface area (Å²) in [5, 5.41) is 18.9. The fraction of sp³-hybridized carbons (Fsp3) is 0.200. The number of aromatic amines is 2. The summed E-state index contributed by atoms with van der Waals surface area (Å²) in [5.41, 5.74) is 1.97. The molecule has 0 saturated heterocycles. The number of fused-ring (bicyclic) bond motifs is 1. The van der Waals surface area contributed by atoms with Crippen LogP contribution in [-0.2, 0) is 6.54 Å². The number of rotatable bonds is 5. The van der Waals surface area contributed by atoms with E-state index in [2.05, 4.69) is 25.4 Å². The van der Waals surface area contributed by atoms with Gasteiger partial charge in [0.05, 0.1) is 12.2 Å². The SMILES string of the molecule is O=c1[nH]c(O)c(/C=c2\cnn3c(=NC4CC4)cc(NCc4ccccc4Cl)nc23)[nH]1.